The zero-order valence-corrected chi connectivity index (χ0v) is 15.8. The lowest BCUT2D eigenvalue weighted by Gasteiger charge is -2.23. The van der Waals surface area contributed by atoms with E-state index in [1.807, 2.05) is 12.1 Å². The second-order valence-corrected chi connectivity index (χ2v) is 8.39. The normalized spacial score (nSPS) is 27.7. The molecule has 0 spiro atoms. The van der Waals surface area contributed by atoms with Crippen LogP contribution in [-0.2, 0) is 17.9 Å². The number of rotatable bonds is 5. The first-order valence-electron chi connectivity index (χ1n) is 10.1. The molecule has 2 N–H and O–H groups in total. The number of urea groups is 1. The lowest BCUT2D eigenvalue weighted by Crippen LogP contribution is -2.41. The summed E-state index contributed by atoms with van der Waals surface area (Å²) in [4.78, 5) is 28.5. The molecule has 6 heteroatoms. The average Bonchev–Trinajstić information content (AvgIpc) is 3.35. The minimum atomic E-state index is -0.741. The Morgan fingerprint density at radius 1 is 1.19 bits per heavy atom. The Balaban J connectivity index is 1.32. The van der Waals surface area contributed by atoms with Gasteiger partial charge in [0.1, 0.15) is 0 Å². The molecule has 27 heavy (non-hydrogen) atoms. The van der Waals surface area contributed by atoms with Crippen molar-refractivity contribution in [1.29, 1.82) is 0 Å². The lowest BCUT2D eigenvalue weighted by atomic mass is 9.81. The van der Waals surface area contributed by atoms with Crippen molar-refractivity contribution in [2.75, 3.05) is 26.2 Å². The summed E-state index contributed by atoms with van der Waals surface area (Å²) in [5.74, 6) is -0.639. The van der Waals surface area contributed by atoms with E-state index < -0.39 is 11.4 Å². The van der Waals surface area contributed by atoms with E-state index in [1.54, 1.807) is 4.90 Å². The van der Waals surface area contributed by atoms with E-state index in [9.17, 15) is 14.7 Å². The molecule has 1 aromatic carbocycles. The number of aliphatic carboxylic acids is 1. The zero-order valence-electron chi connectivity index (χ0n) is 15.8. The molecule has 0 unspecified atom stereocenters. The number of carboxylic acids is 1. The van der Waals surface area contributed by atoms with Crippen molar-refractivity contribution in [3.8, 4) is 0 Å². The molecule has 1 aromatic rings. The highest BCUT2D eigenvalue weighted by Gasteiger charge is 2.55. The Labute approximate surface area is 160 Å². The highest BCUT2D eigenvalue weighted by molar-refractivity contribution is 5.80. The van der Waals surface area contributed by atoms with Gasteiger partial charge in [-0.15, -0.1) is 0 Å². The second kappa shape index (κ2) is 7.50. The maximum absolute atomic E-state index is 12.6. The number of nitrogens with zero attached hydrogens (tertiary/aromatic N) is 2. The van der Waals surface area contributed by atoms with Crippen molar-refractivity contribution >= 4 is 12.0 Å². The number of amides is 2. The van der Waals surface area contributed by atoms with Crippen LogP contribution in [0.3, 0.4) is 0 Å². The predicted octanol–water partition coefficient (Wildman–Crippen LogP) is 2.68. The van der Waals surface area contributed by atoms with Gasteiger partial charge in [0.25, 0.3) is 0 Å². The summed E-state index contributed by atoms with van der Waals surface area (Å²) in [5.41, 5.74) is 1.66. The summed E-state index contributed by atoms with van der Waals surface area (Å²) in [5, 5.41) is 12.7. The quantitative estimate of drug-likeness (QED) is 0.835. The first-order valence-corrected chi connectivity index (χ1v) is 10.1. The van der Waals surface area contributed by atoms with Crippen LogP contribution in [0.1, 0.15) is 43.2 Å². The Morgan fingerprint density at radius 3 is 2.70 bits per heavy atom. The van der Waals surface area contributed by atoms with Crippen molar-refractivity contribution < 1.29 is 14.7 Å². The Kier molecular flexibility index (Phi) is 5.08. The van der Waals surface area contributed by atoms with Gasteiger partial charge < -0.3 is 15.3 Å². The topological polar surface area (TPSA) is 72.9 Å². The Bertz CT molecular complexity index is 716. The van der Waals surface area contributed by atoms with Crippen LogP contribution in [0.5, 0.6) is 0 Å². The SMILES string of the molecule is O=C(NCc1cccc(CN2CCCC2)c1)N1C[C@@H]2CCC[C@@]2(C(=O)O)C1. The zero-order chi connectivity index (χ0) is 18.9. The van der Waals surface area contributed by atoms with Crippen molar-refractivity contribution in [3.05, 3.63) is 35.4 Å². The van der Waals surface area contributed by atoms with Crippen molar-refractivity contribution in [2.45, 2.75) is 45.2 Å². The molecule has 0 bridgehead atoms. The molecule has 6 nitrogen and oxygen atoms in total. The summed E-state index contributed by atoms with van der Waals surface area (Å²) < 4.78 is 0. The smallest absolute Gasteiger partial charge is 0.317 e. The van der Waals surface area contributed by atoms with Gasteiger partial charge in [-0.1, -0.05) is 30.7 Å². The van der Waals surface area contributed by atoms with Crippen LogP contribution < -0.4 is 5.32 Å². The molecule has 4 rings (SSSR count). The Hall–Kier alpha value is -2.08. The third kappa shape index (κ3) is 3.68. The lowest BCUT2D eigenvalue weighted by molar-refractivity contribution is -0.149. The Morgan fingerprint density at radius 2 is 1.96 bits per heavy atom. The molecule has 0 radical (unpaired) electrons. The highest BCUT2D eigenvalue weighted by Crippen LogP contribution is 2.48. The van der Waals surface area contributed by atoms with Crippen LogP contribution in [0.25, 0.3) is 0 Å². The van der Waals surface area contributed by atoms with Gasteiger partial charge in [0.15, 0.2) is 0 Å². The summed E-state index contributed by atoms with van der Waals surface area (Å²) in [7, 11) is 0. The van der Waals surface area contributed by atoms with E-state index in [1.165, 1.54) is 31.5 Å². The molecule has 146 valence electrons. The van der Waals surface area contributed by atoms with E-state index >= 15 is 0 Å². The maximum Gasteiger partial charge on any atom is 0.317 e. The van der Waals surface area contributed by atoms with E-state index in [4.69, 9.17) is 0 Å². The molecule has 3 fully saturated rings. The average molecular weight is 371 g/mol. The van der Waals surface area contributed by atoms with Gasteiger partial charge in [-0.05, 0) is 55.8 Å². The summed E-state index contributed by atoms with van der Waals surface area (Å²) in [6.07, 6.45) is 5.12. The number of nitrogens with one attached hydrogen (secondary N) is 1. The number of carbonyl (C=O) groups excluding carboxylic acids is 1. The molecule has 2 aliphatic heterocycles. The molecule has 2 saturated heterocycles. The van der Waals surface area contributed by atoms with Crippen molar-refractivity contribution in [2.24, 2.45) is 11.3 Å². The van der Waals surface area contributed by atoms with Gasteiger partial charge in [0, 0.05) is 26.2 Å². The second-order valence-electron chi connectivity index (χ2n) is 8.39. The summed E-state index contributed by atoms with van der Waals surface area (Å²) in [6.45, 7) is 4.69. The van der Waals surface area contributed by atoms with Crippen LogP contribution in [0.4, 0.5) is 4.79 Å². The van der Waals surface area contributed by atoms with Crippen molar-refractivity contribution in [3.63, 3.8) is 0 Å². The molecule has 2 atom stereocenters. The highest BCUT2D eigenvalue weighted by atomic mass is 16.4. The van der Waals surface area contributed by atoms with E-state index in [0.717, 1.165) is 24.9 Å². The third-order valence-corrected chi connectivity index (χ3v) is 6.62. The molecule has 1 aliphatic carbocycles. The maximum atomic E-state index is 12.6. The number of likely N-dealkylation sites (tertiary alicyclic amines) is 2. The van der Waals surface area contributed by atoms with Crippen molar-refractivity contribution in [1.82, 2.24) is 15.1 Å². The predicted molar refractivity (Wildman–Crippen MR) is 102 cm³/mol. The number of carboxylic acid groups (broad SMARTS) is 1. The first kappa shape index (κ1) is 18.3. The number of carbonyl (C=O) groups is 2. The van der Waals surface area contributed by atoms with Crippen LogP contribution in [0.2, 0.25) is 0 Å². The van der Waals surface area contributed by atoms with Gasteiger partial charge in [0.05, 0.1) is 5.41 Å². The molecule has 2 amide bonds. The molecular weight excluding hydrogens is 342 g/mol. The number of hydrogen-bond acceptors (Lipinski definition) is 3. The number of benzene rings is 1. The standard InChI is InChI=1S/C21H29N3O3/c25-19(26)21-8-4-7-18(21)14-24(15-21)20(27)22-12-16-5-3-6-17(11-16)13-23-9-1-2-10-23/h3,5-6,11,18H,1-2,4,7-10,12-15H2,(H,22,27)(H,25,26)/t18-,21+/m0/s1. The van der Waals surface area contributed by atoms with Gasteiger partial charge >= 0.3 is 12.0 Å². The monoisotopic (exact) mass is 371 g/mol. The fourth-order valence-electron chi connectivity index (χ4n) is 5.12. The summed E-state index contributed by atoms with van der Waals surface area (Å²) >= 11 is 0. The van der Waals surface area contributed by atoms with Crippen LogP contribution in [0, 0.1) is 11.3 Å². The third-order valence-electron chi connectivity index (χ3n) is 6.62. The van der Waals surface area contributed by atoms with Crippen LogP contribution in [0.15, 0.2) is 24.3 Å². The molecule has 1 saturated carbocycles. The fraction of sp³-hybridized carbons (Fsp3) is 0.619. The van der Waals surface area contributed by atoms with Gasteiger partial charge in [-0.2, -0.15) is 0 Å². The summed E-state index contributed by atoms with van der Waals surface area (Å²) in [6, 6.07) is 8.24. The van der Waals surface area contributed by atoms with E-state index in [0.29, 0.717) is 26.1 Å². The van der Waals surface area contributed by atoms with Crippen LogP contribution in [-0.4, -0.2) is 53.1 Å². The largest absolute Gasteiger partial charge is 0.481 e. The molecule has 2 heterocycles. The van der Waals surface area contributed by atoms with Crippen LogP contribution >= 0.6 is 0 Å². The fourth-order valence-corrected chi connectivity index (χ4v) is 5.12. The number of fused-ring (bicyclic) bond motifs is 1. The van der Waals surface area contributed by atoms with Gasteiger partial charge in [-0.25, -0.2) is 4.79 Å². The molecule has 3 aliphatic rings. The molecule has 0 aromatic heterocycles. The number of hydrogen-bond donors (Lipinski definition) is 2. The molecular formula is C21H29N3O3. The first-order chi connectivity index (χ1) is 13.1. The van der Waals surface area contributed by atoms with E-state index in [2.05, 4.69) is 22.3 Å². The van der Waals surface area contributed by atoms with Gasteiger partial charge in [0.2, 0.25) is 0 Å². The minimum Gasteiger partial charge on any atom is -0.481 e. The minimum absolute atomic E-state index is 0.101. The van der Waals surface area contributed by atoms with Gasteiger partial charge in [-0.3, -0.25) is 9.69 Å². The van der Waals surface area contributed by atoms with E-state index in [-0.39, 0.29) is 11.9 Å².